The standard InChI is InChI=1S/C15H21N3O/c1-13(2,3)18-9-14(4)10-7-5-6-8-11(10)17-15(14,16)12(18)19/h5-8,17H,9,16H2,1-4H3/p+1/t14-,15+/m1/s1. The molecular formula is C15H22N3O+. The van der Waals surface area contributed by atoms with Gasteiger partial charge < -0.3 is 16.0 Å². The van der Waals surface area contributed by atoms with Gasteiger partial charge in [-0.2, -0.15) is 0 Å². The Morgan fingerprint density at radius 2 is 1.95 bits per heavy atom. The maximum Gasteiger partial charge on any atom is 0.307 e. The second-order valence-corrected chi connectivity index (χ2v) is 6.97. The Labute approximate surface area is 114 Å². The van der Waals surface area contributed by atoms with Crippen LogP contribution in [-0.4, -0.2) is 28.6 Å². The van der Waals surface area contributed by atoms with E-state index in [1.54, 1.807) is 0 Å². The number of carbonyl (C=O) groups excluding carboxylic acids is 1. The second kappa shape index (κ2) is 3.31. The van der Waals surface area contributed by atoms with E-state index in [-0.39, 0.29) is 16.9 Å². The third-order valence-corrected chi connectivity index (χ3v) is 4.71. The van der Waals surface area contributed by atoms with Gasteiger partial charge in [0.2, 0.25) is 0 Å². The van der Waals surface area contributed by atoms with Crippen molar-refractivity contribution in [2.75, 3.05) is 11.9 Å². The first-order valence-electron chi connectivity index (χ1n) is 6.75. The van der Waals surface area contributed by atoms with Crippen molar-refractivity contribution in [3.8, 4) is 0 Å². The van der Waals surface area contributed by atoms with E-state index < -0.39 is 5.66 Å². The van der Waals surface area contributed by atoms with Crippen LogP contribution in [0.5, 0.6) is 0 Å². The number of rotatable bonds is 0. The summed E-state index contributed by atoms with van der Waals surface area (Å²) in [5.74, 6) is 0.0960. The summed E-state index contributed by atoms with van der Waals surface area (Å²) < 4.78 is 0. The molecule has 0 spiro atoms. The number of para-hydroxylation sites is 1. The molecule has 0 aromatic heterocycles. The summed E-state index contributed by atoms with van der Waals surface area (Å²) in [6, 6.07) is 8.16. The lowest BCUT2D eigenvalue weighted by Gasteiger charge is -2.33. The lowest BCUT2D eigenvalue weighted by molar-refractivity contribution is -0.457. The zero-order valence-corrected chi connectivity index (χ0v) is 12.1. The predicted molar refractivity (Wildman–Crippen MR) is 74.5 cm³/mol. The first kappa shape index (κ1) is 12.5. The van der Waals surface area contributed by atoms with Crippen molar-refractivity contribution in [1.29, 1.82) is 0 Å². The molecule has 2 heterocycles. The molecule has 0 bridgehead atoms. The second-order valence-electron chi connectivity index (χ2n) is 6.97. The van der Waals surface area contributed by atoms with Crippen LogP contribution in [-0.2, 0) is 10.2 Å². The molecule has 2 aliphatic rings. The zero-order valence-electron chi connectivity index (χ0n) is 12.1. The Morgan fingerprint density at radius 3 is 2.58 bits per heavy atom. The highest BCUT2D eigenvalue weighted by atomic mass is 16.2. The quantitative estimate of drug-likeness (QED) is 0.729. The zero-order chi connectivity index (χ0) is 14.1. The Bertz CT molecular complexity index is 563. The van der Waals surface area contributed by atoms with E-state index in [1.807, 2.05) is 23.1 Å². The van der Waals surface area contributed by atoms with E-state index in [0.29, 0.717) is 6.54 Å². The van der Waals surface area contributed by atoms with Crippen molar-refractivity contribution in [3.05, 3.63) is 29.8 Å². The topological polar surface area (TPSA) is 60.0 Å². The summed E-state index contributed by atoms with van der Waals surface area (Å²) >= 11 is 0. The fourth-order valence-electron chi connectivity index (χ4n) is 3.34. The van der Waals surface area contributed by atoms with Crippen LogP contribution in [0.25, 0.3) is 0 Å². The Balaban J connectivity index is 2.15. The maximum absolute atomic E-state index is 12.8. The molecule has 0 unspecified atom stereocenters. The van der Waals surface area contributed by atoms with Gasteiger partial charge in [0, 0.05) is 17.8 Å². The van der Waals surface area contributed by atoms with Crippen molar-refractivity contribution >= 4 is 11.6 Å². The van der Waals surface area contributed by atoms with Crippen LogP contribution in [0.1, 0.15) is 33.3 Å². The summed E-state index contributed by atoms with van der Waals surface area (Å²) in [5, 5.41) is 3.36. The predicted octanol–water partition coefficient (Wildman–Crippen LogP) is 0.949. The number of nitrogens with one attached hydrogen (secondary N) is 1. The SMILES string of the molecule is CC(C)(C)N1C[C@]2(C)c3ccccc3N[C@@]2([NH3+])C1=O. The van der Waals surface area contributed by atoms with E-state index >= 15 is 0 Å². The number of carbonyl (C=O) groups is 1. The minimum atomic E-state index is -0.774. The van der Waals surface area contributed by atoms with Crippen molar-refractivity contribution in [2.24, 2.45) is 0 Å². The first-order chi connectivity index (χ1) is 8.70. The molecule has 0 aliphatic carbocycles. The van der Waals surface area contributed by atoms with Crippen LogP contribution < -0.4 is 11.1 Å². The number of hydrogen-bond donors (Lipinski definition) is 2. The summed E-state index contributed by atoms with van der Waals surface area (Å²) in [5.41, 5.74) is 5.28. The molecule has 1 amide bonds. The van der Waals surface area contributed by atoms with Gasteiger partial charge in [0.05, 0.1) is 5.41 Å². The average molecular weight is 260 g/mol. The van der Waals surface area contributed by atoms with E-state index in [1.165, 1.54) is 5.56 Å². The molecule has 4 heteroatoms. The molecular weight excluding hydrogens is 238 g/mol. The number of fused-ring (bicyclic) bond motifs is 3. The normalized spacial score (nSPS) is 33.1. The summed E-state index contributed by atoms with van der Waals surface area (Å²) in [7, 11) is 0. The molecule has 1 fully saturated rings. The Kier molecular flexibility index (Phi) is 2.17. The number of anilines is 1. The van der Waals surface area contributed by atoms with Gasteiger partial charge in [0.25, 0.3) is 5.66 Å². The Hall–Kier alpha value is -1.55. The smallest absolute Gasteiger partial charge is 0.307 e. The van der Waals surface area contributed by atoms with Gasteiger partial charge in [0.1, 0.15) is 0 Å². The molecule has 2 aliphatic heterocycles. The van der Waals surface area contributed by atoms with E-state index in [4.69, 9.17) is 0 Å². The van der Waals surface area contributed by atoms with Gasteiger partial charge in [0.15, 0.2) is 0 Å². The molecule has 3 rings (SSSR count). The van der Waals surface area contributed by atoms with Crippen molar-refractivity contribution < 1.29 is 10.5 Å². The highest BCUT2D eigenvalue weighted by Crippen LogP contribution is 2.50. The molecule has 0 radical (unpaired) electrons. The van der Waals surface area contributed by atoms with Crippen LogP contribution in [0.2, 0.25) is 0 Å². The van der Waals surface area contributed by atoms with Gasteiger partial charge >= 0.3 is 5.91 Å². The summed E-state index contributed by atoms with van der Waals surface area (Å²) in [6.07, 6.45) is 0. The maximum atomic E-state index is 12.8. The highest BCUT2D eigenvalue weighted by molar-refractivity contribution is 5.96. The number of benzene rings is 1. The van der Waals surface area contributed by atoms with Crippen LogP contribution in [0.3, 0.4) is 0 Å². The average Bonchev–Trinajstić information content (AvgIpc) is 2.66. The van der Waals surface area contributed by atoms with Gasteiger partial charge in [-0.3, -0.25) is 4.79 Å². The molecule has 0 saturated carbocycles. The Morgan fingerprint density at radius 1 is 1.32 bits per heavy atom. The van der Waals surface area contributed by atoms with Crippen LogP contribution in [0.4, 0.5) is 5.69 Å². The number of nitrogens with zero attached hydrogens (tertiary/aromatic N) is 1. The summed E-state index contributed by atoms with van der Waals surface area (Å²) in [4.78, 5) is 14.8. The summed E-state index contributed by atoms with van der Waals surface area (Å²) in [6.45, 7) is 9.07. The van der Waals surface area contributed by atoms with Crippen LogP contribution >= 0.6 is 0 Å². The van der Waals surface area contributed by atoms with E-state index in [0.717, 1.165) is 5.69 Å². The monoisotopic (exact) mass is 260 g/mol. The third kappa shape index (κ3) is 1.35. The number of hydrogen-bond acceptors (Lipinski definition) is 2. The van der Waals surface area contributed by atoms with Gasteiger partial charge in [-0.15, -0.1) is 0 Å². The fraction of sp³-hybridized carbons (Fsp3) is 0.533. The van der Waals surface area contributed by atoms with E-state index in [9.17, 15) is 4.79 Å². The number of quaternary nitrogens is 1. The molecule has 1 aromatic rings. The highest BCUT2D eigenvalue weighted by Gasteiger charge is 2.69. The third-order valence-electron chi connectivity index (χ3n) is 4.71. The largest absolute Gasteiger partial charge is 0.329 e. The lowest BCUT2D eigenvalue weighted by atomic mass is 9.77. The minimum absolute atomic E-state index is 0.0960. The molecule has 1 saturated heterocycles. The lowest BCUT2D eigenvalue weighted by Crippen LogP contribution is -2.84. The first-order valence-corrected chi connectivity index (χ1v) is 6.75. The van der Waals surface area contributed by atoms with E-state index in [2.05, 4.69) is 44.8 Å². The molecule has 1 aromatic carbocycles. The van der Waals surface area contributed by atoms with Crippen LogP contribution in [0, 0.1) is 0 Å². The molecule has 4 nitrogen and oxygen atoms in total. The van der Waals surface area contributed by atoms with Crippen molar-refractivity contribution in [2.45, 2.75) is 44.3 Å². The molecule has 19 heavy (non-hydrogen) atoms. The molecule has 2 atom stereocenters. The minimum Gasteiger partial charge on any atom is -0.329 e. The van der Waals surface area contributed by atoms with Crippen LogP contribution in [0.15, 0.2) is 24.3 Å². The van der Waals surface area contributed by atoms with Gasteiger partial charge in [-0.25, -0.2) is 0 Å². The molecule has 102 valence electrons. The van der Waals surface area contributed by atoms with Gasteiger partial charge in [-0.05, 0) is 39.3 Å². The fourth-order valence-corrected chi connectivity index (χ4v) is 3.34. The van der Waals surface area contributed by atoms with Crippen molar-refractivity contribution in [3.63, 3.8) is 0 Å². The number of likely N-dealkylation sites (tertiary alicyclic amines) is 1. The number of amides is 1. The molecule has 4 N–H and O–H groups in total. The van der Waals surface area contributed by atoms with Crippen molar-refractivity contribution in [1.82, 2.24) is 4.90 Å². The van der Waals surface area contributed by atoms with Gasteiger partial charge in [-0.1, -0.05) is 18.2 Å².